The summed E-state index contributed by atoms with van der Waals surface area (Å²) >= 11 is 0. The molecule has 72 valence electrons. The van der Waals surface area contributed by atoms with Crippen molar-refractivity contribution in [2.75, 3.05) is 7.11 Å². The molecule has 0 aliphatic carbocycles. The van der Waals surface area contributed by atoms with E-state index in [1.807, 2.05) is 0 Å². The van der Waals surface area contributed by atoms with Gasteiger partial charge in [-0.3, -0.25) is 4.84 Å². The minimum absolute atomic E-state index is 0.0563. The topological polar surface area (TPSA) is 44.5 Å². The number of halogens is 2. The minimum atomic E-state index is -1.03. The zero-order valence-corrected chi connectivity index (χ0v) is 7.01. The Morgan fingerprint density at radius 2 is 2.00 bits per heavy atom. The first-order chi connectivity index (χ1) is 6.20. The van der Waals surface area contributed by atoms with Gasteiger partial charge < -0.3 is 4.74 Å². The lowest BCUT2D eigenvalue weighted by Crippen LogP contribution is -2.03. The van der Waals surface area contributed by atoms with Crippen LogP contribution in [-0.4, -0.2) is 7.11 Å². The highest BCUT2D eigenvalue weighted by atomic mass is 19.2. The van der Waals surface area contributed by atoms with Crippen LogP contribution in [0.25, 0.3) is 0 Å². The molecule has 3 nitrogen and oxygen atoms in total. The molecule has 2 N–H and O–H groups in total. The molecular weight excluding hydrogens is 180 g/mol. The predicted molar refractivity (Wildman–Crippen MR) is 41.9 cm³/mol. The molecular formula is C8H9F2NO2. The molecule has 1 aromatic rings. The standard InChI is InChI=1S/C8H9F2NO2/c1-12-6-3-2-5(4-13-11)7(9)8(6)10/h2-3H,4,11H2,1H3. The number of rotatable bonds is 3. The van der Waals surface area contributed by atoms with Crippen molar-refractivity contribution < 1.29 is 18.4 Å². The second-order valence-corrected chi connectivity index (χ2v) is 2.37. The number of hydrogen-bond acceptors (Lipinski definition) is 3. The van der Waals surface area contributed by atoms with Gasteiger partial charge in [-0.15, -0.1) is 0 Å². The van der Waals surface area contributed by atoms with E-state index in [9.17, 15) is 8.78 Å². The molecule has 0 saturated heterocycles. The van der Waals surface area contributed by atoms with Gasteiger partial charge in [0, 0.05) is 5.56 Å². The quantitative estimate of drug-likeness (QED) is 0.730. The predicted octanol–water partition coefficient (Wildman–Crippen LogP) is 1.36. The van der Waals surface area contributed by atoms with Gasteiger partial charge in [-0.2, -0.15) is 4.39 Å². The van der Waals surface area contributed by atoms with Gasteiger partial charge in [0.2, 0.25) is 5.82 Å². The van der Waals surface area contributed by atoms with Gasteiger partial charge in [-0.1, -0.05) is 0 Å². The second kappa shape index (κ2) is 4.15. The van der Waals surface area contributed by atoms with Gasteiger partial charge >= 0.3 is 0 Å². The van der Waals surface area contributed by atoms with E-state index in [4.69, 9.17) is 5.90 Å². The summed E-state index contributed by atoms with van der Waals surface area (Å²) in [6, 6.07) is 2.66. The first kappa shape index (κ1) is 9.88. The van der Waals surface area contributed by atoms with Crippen LogP contribution < -0.4 is 10.6 Å². The van der Waals surface area contributed by atoms with E-state index < -0.39 is 11.6 Å². The van der Waals surface area contributed by atoms with Gasteiger partial charge in [-0.25, -0.2) is 10.3 Å². The summed E-state index contributed by atoms with van der Waals surface area (Å²) in [5, 5.41) is 0. The SMILES string of the molecule is COc1ccc(CON)c(F)c1F. The molecule has 13 heavy (non-hydrogen) atoms. The monoisotopic (exact) mass is 189 g/mol. The number of nitrogens with two attached hydrogens (primary N) is 1. The fourth-order valence-electron chi connectivity index (χ4n) is 0.931. The zero-order chi connectivity index (χ0) is 9.84. The van der Waals surface area contributed by atoms with Crippen LogP contribution in [0.5, 0.6) is 5.75 Å². The van der Waals surface area contributed by atoms with Crippen LogP contribution in [0.1, 0.15) is 5.56 Å². The Balaban J connectivity index is 3.07. The molecule has 1 aromatic carbocycles. The van der Waals surface area contributed by atoms with E-state index in [0.717, 1.165) is 0 Å². The summed E-state index contributed by atoms with van der Waals surface area (Å²) in [4.78, 5) is 4.19. The summed E-state index contributed by atoms with van der Waals surface area (Å²) in [6.07, 6.45) is 0. The Morgan fingerprint density at radius 1 is 1.31 bits per heavy atom. The largest absolute Gasteiger partial charge is 0.494 e. The molecule has 0 spiro atoms. The third-order valence-electron chi connectivity index (χ3n) is 1.59. The number of benzene rings is 1. The third-order valence-corrected chi connectivity index (χ3v) is 1.59. The zero-order valence-electron chi connectivity index (χ0n) is 7.01. The second-order valence-electron chi connectivity index (χ2n) is 2.37. The van der Waals surface area contributed by atoms with E-state index in [2.05, 4.69) is 9.57 Å². The number of ether oxygens (including phenoxy) is 1. The summed E-state index contributed by atoms with van der Waals surface area (Å²) in [7, 11) is 1.26. The first-order valence-corrected chi connectivity index (χ1v) is 3.53. The molecule has 0 aliphatic heterocycles. The molecule has 0 amide bonds. The maximum Gasteiger partial charge on any atom is 0.200 e. The van der Waals surface area contributed by atoms with E-state index >= 15 is 0 Å². The fourth-order valence-corrected chi connectivity index (χ4v) is 0.931. The van der Waals surface area contributed by atoms with E-state index in [1.54, 1.807) is 0 Å². The van der Waals surface area contributed by atoms with Gasteiger partial charge in [-0.05, 0) is 12.1 Å². The fraction of sp³-hybridized carbons (Fsp3) is 0.250. The van der Waals surface area contributed by atoms with Gasteiger partial charge in [0.05, 0.1) is 13.7 Å². The Labute approximate surface area is 74.0 Å². The Hall–Kier alpha value is -1.20. The lowest BCUT2D eigenvalue weighted by Gasteiger charge is -2.05. The molecule has 0 fully saturated rings. The smallest absolute Gasteiger partial charge is 0.200 e. The van der Waals surface area contributed by atoms with E-state index in [0.29, 0.717) is 0 Å². The van der Waals surface area contributed by atoms with Gasteiger partial charge in [0.1, 0.15) is 0 Å². The number of methoxy groups -OCH3 is 1. The van der Waals surface area contributed by atoms with Crippen LogP contribution in [0.3, 0.4) is 0 Å². The van der Waals surface area contributed by atoms with Gasteiger partial charge in [0.25, 0.3) is 0 Å². The Morgan fingerprint density at radius 3 is 2.54 bits per heavy atom. The van der Waals surface area contributed by atoms with Crippen molar-refractivity contribution in [3.8, 4) is 5.75 Å². The molecule has 0 heterocycles. The average Bonchev–Trinajstić information content (AvgIpc) is 2.14. The normalized spacial score (nSPS) is 10.2. The lowest BCUT2D eigenvalue weighted by molar-refractivity contribution is 0.121. The molecule has 0 bridgehead atoms. The van der Waals surface area contributed by atoms with Crippen molar-refractivity contribution in [3.63, 3.8) is 0 Å². The van der Waals surface area contributed by atoms with Crippen molar-refractivity contribution >= 4 is 0 Å². The van der Waals surface area contributed by atoms with Crippen LogP contribution in [0.2, 0.25) is 0 Å². The van der Waals surface area contributed by atoms with Gasteiger partial charge in [0.15, 0.2) is 11.6 Å². The van der Waals surface area contributed by atoms with Crippen molar-refractivity contribution in [2.45, 2.75) is 6.61 Å². The van der Waals surface area contributed by atoms with E-state index in [1.165, 1.54) is 19.2 Å². The summed E-state index contributed by atoms with van der Waals surface area (Å²) in [5.41, 5.74) is 0.0563. The van der Waals surface area contributed by atoms with Crippen LogP contribution in [-0.2, 0) is 11.4 Å². The summed E-state index contributed by atoms with van der Waals surface area (Å²) in [6.45, 7) is -0.174. The molecule has 0 saturated carbocycles. The Bertz CT molecular complexity index is 304. The van der Waals surface area contributed by atoms with Crippen LogP contribution in [0.15, 0.2) is 12.1 Å². The van der Waals surface area contributed by atoms with Crippen molar-refractivity contribution in [1.82, 2.24) is 0 Å². The highest BCUT2D eigenvalue weighted by Gasteiger charge is 2.13. The third kappa shape index (κ3) is 1.93. The maximum atomic E-state index is 13.0. The number of hydrogen-bond donors (Lipinski definition) is 1. The summed E-state index contributed by atoms with van der Waals surface area (Å²) in [5.74, 6) is 2.56. The molecule has 0 unspecified atom stereocenters. The average molecular weight is 189 g/mol. The van der Waals surface area contributed by atoms with Crippen molar-refractivity contribution in [3.05, 3.63) is 29.3 Å². The molecule has 0 aromatic heterocycles. The molecule has 1 rings (SSSR count). The molecule has 5 heteroatoms. The lowest BCUT2D eigenvalue weighted by atomic mass is 10.2. The summed E-state index contributed by atoms with van der Waals surface area (Å²) < 4.78 is 30.6. The van der Waals surface area contributed by atoms with E-state index in [-0.39, 0.29) is 17.9 Å². The Kier molecular flexibility index (Phi) is 3.16. The van der Waals surface area contributed by atoms with Crippen molar-refractivity contribution in [1.29, 1.82) is 0 Å². The first-order valence-electron chi connectivity index (χ1n) is 3.53. The maximum absolute atomic E-state index is 13.0. The molecule has 0 atom stereocenters. The molecule has 0 radical (unpaired) electrons. The van der Waals surface area contributed by atoms with Crippen LogP contribution in [0, 0.1) is 11.6 Å². The molecule has 0 aliphatic rings. The van der Waals surface area contributed by atoms with Crippen LogP contribution in [0.4, 0.5) is 8.78 Å². The van der Waals surface area contributed by atoms with Crippen LogP contribution >= 0.6 is 0 Å². The minimum Gasteiger partial charge on any atom is -0.494 e. The van der Waals surface area contributed by atoms with Crippen molar-refractivity contribution in [2.24, 2.45) is 5.90 Å². The highest BCUT2D eigenvalue weighted by molar-refractivity contribution is 5.30. The highest BCUT2D eigenvalue weighted by Crippen LogP contribution is 2.22.